The first-order valence-corrected chi connectivity index (χ1v) is 5.12. The van der Waals surface area contributed by atoms with Crippen molar-refractivity contribution in [1.29, 1.82) is 0 Å². The summed E-state index contributed by atoms with van der Waals surface area (Å²) in [5.74, 6) is 0.487. The van der Waals surface area contributed by atoms with Crippen LogP contribution in [0.25, 0.3) is 0 Å². The Morgan fingerprint density at radius 3 is 2.75 bits per heavy atom. The second kappa shape index (κ2) is 3.41. The molecule has 3 nitrogen and oxygen atoms in total. The molecule has 2 N–H and O–H groups in total. The Hall–Kier alpha value is -0.610. The highest BCUT2D eigenvalue weighted by Crippen LogP contribution is 2.22. The molecule has 4 heteroatoms. The van der Waals surface area contributed by atoms with Gasteiger partial charge in [-0.25, -0.2) is 0 Å². The Labute approximate surface area is 75.0 Å². The van der Waals surface area contributed by atoms with Crippen LogP contribution in [-0.2, 0) is 0 Å². The van der Waals surface area contributed by atoms with Gasteiger partial charge in [-0.3, -0.25) is 9.17 Å². The second-order valence-corrected chi connectivity index (χ2v) is 3.82. The van der Waals surface area contributed by atoms with Crippen LogP contribution in [0, 0.1) is 0 Å². The van der Waals surface area contributed by atoms with Crippen LogP contribution in [0.1, 0.15) is 24.3 Å². The number of piperidine rings is 1. The largest absolute Gasteiger partial charge is 0.317 e. The standard InChI is InChI=1S/C8H12N2OS/c11-8-7(5-12-10-8)6-1-3-9-4-2-6/h5-6,9H,1-4H2,(H,10,11). The average molecular weight is 184 g/mol. The number of rotatable bonds is 1. The van der Waals surface area contributed by atoms with Crippen molar-refractivity contribution in [2.75, 3.05) is 13.1 Å². The van der Waals surface area contributed by atoms with Crippen molar-refractivity contribution in [3.05, 3.63) is 21.3 Å². The summed E-state index contributed by atoms with van der Waals surface area (Å²) in [6, 6.07) is 0. The molecule has 0 spiro atoms. The van der Waals surface area contributed by atoms with Crippen LogP contribution in [0.3, 0.4) is 0 Å². The molecule has 1 fully saturated rings. The zero-order valence-electron chi connectivity index (χ0n) is 6.80. The van der Waals surface area contributed by atoms with Crippen molar-refractivity contribution in [3.8, 4) is 0 Å². The summed E-state index contributed by atoms with van der Waals surface area (Å²) in [4.78, 5) is 11.3. The van der Waals surface area contributed by atoms with Gasteiger partial charge in [-0.1, -0.05) is 11.5 Å². The van der Waals surface area contributed by atoms with Gasteiger partial charge in [-0.2, -0.15) is 0 Å². The fourth-order valence-electron chi connectivity index (χ4n) is 1.67. The van der Waals surface area contributed by atoms with Crippen molar-refractivity contribution in [3.63, 3.8) is 0 Å². The molecule has 66 valence electrons. The monoisotopic (exact) mass is 184 g/mol. The molecule has 1 aliphatic heterocycles. The molecule has 2 rings (SSSR count). The quantitative estimate of drug-likeness (QED) is 0.681. The van der Waals surface area contributed by atoms with Gasteiger partial charge in [0.25, 0.3) is 5.56 Å². The molecule has 1 aliphatic rings. The van der Waals surface area contributed by atoms with E-state index in [9.17, 15) is 4.79 Å². The van der Waals surface area contributed by atoms with Crippen molar-refractivity contribution in [2.24, 2.45) is 0 Å². The average Bonchev–Trinajstić information content (AvgIpc) is 2.53. The lowest BCUT2D eigenvalue weighted by atomic mass is 9.93. The molecule has 1 saturated heterocycles. The highest BCUT2D eigenvalue weighted by atomic mass is 32.1. The van der Waals surface area contributed by atoms with E-state index in [1.54, 1.807) is 0 Å². The fourth-order valence-corrected chi connectivity index (χ4v) is 2.38. The van der Waals surface area contributed by atoms with Crippen LogP contribution in [0.4, 0.5) is 0 Å². The van der Waals surface area contributed by atoms with Gasteiger partial charge in [-0.15, -0.1) is 0 Å². The van der Waals surface area contributed by atoms with Crippen molar-refractivity contribution in [1.82, 2.24) is 9.69 Å². The van der Waals surface area contributed by atoms with E-state index in [-0.39, 0.29) is 5.56 Å². The van der Waals surface area contributed by atoms with Crippen LogP contribution in [-0.4, -0.2) is 17.5 Å². The van der Waals surface area contributed by atoms with E-state index in [0.29, 0.717) is 5.92 Å². The van der Waals surface area contributed by atoms with Gasteiger partial charge in [0.15, 0.2) is 0 Å². The fraction of sp³-hybridized carbons (Fsp3) is 0.625. The summed E-state index contributed by atoms with van der Waals surface area (Å²) in [7, 11) is 0. The van der Waals surface area contributed by atoms with Gasteiger partial charge in [0, 0.05) is 10.9 Å². The molecule has 12 heavy (non-hydrogen) atoms. The summed E-state index contributed by atoms with van der Waals surface area (Å²) in [5, 5.41) is 5.24. The minimum atomic E-state index is 0.118. The topological polar surface area (TPSA) is 44.9 Å². The number of aromatic nitrogens is 1. The van der Waals surface area contributed by atoms with E-state index in [1.165, 1.54) is 11.5 Å². The number of H-pyrrole nitrogens is 1. The minimum Gasteiger partial charge on any atom is -0.317 e. The molecule has 0 radical (unpaired) electrons. The smallest absolute Gasteiger partial charge is 0.261 e. The molecule has 2 heterocycles. The third-order valence-electron chi connectivity index (χ3n) is 2.38. The highest BCUT2D eigenvalue weighted by molar-refractivity contribution is 7.03. The molecule has 0 aliphatic carbocycles. The Balaban J connectivity index is 2.18. The molecule has 0 saturated carbocycles. The molecule has 0 amide bonds. The molecule has 1 aromatic heterocycles. The van der Waals surface area contributed by atoms with E-state index < -0.39 is 0 Å². The number of nitrogens with one attached hydrogen (secondary N) is 2. The summed E-state index contributed by atoms with van der Waals surface area (Å²) >= 11 is 1.40. The normalized spacial score (nSPS) is 19.7. The highest BCUT2D eigenvalue weighted by Gasteiger charge is 2.18. The van der Waals surface area contributed by atoms with E-state index >= 15 is 0 Å². The maximum absolute atomic E-state index is 11.3. The van der Waals surface area contributed by atoms with Crippen molar-refractivity contribution in [2.45, 2.75) is 18.8 Å². The molecule has 0 atom stereocenters. The predicted octanol–water partition coefficient (Wildman–Crippen LogP) is 0.903. The minimum absolute atomic E-state index is 0.118. The maximum atomic E-state index is 11.3. The van der Waals surface area contributed by atoms with Crippen molar-refractivity contribution >= 4 is 11.5 Å². The zero-order chi connectivity index (χ0) is 8.39. The Kier molecular flexibility index (Phi) is 2.28. The van der Waals surface area contributed by atoms with E-state index in [2.05, 4.69) is 9.69 Å². The number of hydrogen-bond acceptors (Lipinski definition) is 3. The summed E-state index contributed by atoms with van der Waals surface area (Å²) in [6.07, 6.45) is 2.19. The Morgan fingerprint density at radius 1 is 1.42 bits per heavy atom. The lowest BCUT2D eigenvalue weighted by Gasteiger charge is -2.20. The van der Waals surface area contributed by atoms with Crippen LogP contribution >= 0.6 is 11.5 Å². The summed E-state index contributed by atoms with van der Waals surface area (Å²) in [6.45, 7) is 2.08. The van der Waals surface area contributed by atoms with Crippen LogP contribution in [0.15, 0.2) is 10.2 Å². The molecule has 0 aromatic carbocycles. The van der Waals surface area contributed by atoms with Gasteiger partial charge in [0.2, 0.25) is 0 Å². The molecule has 0 unspecified atom stereocenters. The zero-order valence-corrected chi connectivity index (χ0v) is 7.62. The Morgan fingerprint density at radius 2 is 2.17 bits per heavy atom. The first-order valence-electron chi connectivity index (χ1n) is 4.24. The summed E-state index contributed by atoms with van der Waals surface area (Å²) in [5.41, 5.74) is 1.11. The van der Waals surface area contributed by atoms with Crippen LogP contribution in [0.2, 0.25) is 0 Å². The van der Waals surface area contributed by atoms with Crippen molar-refractivity contribution < 1.29 is 0 Å². The van der Waals surface area contributed by atoms with Gasteiger partial charge >= 0.3 is 0 Å². The SMILES string of the molecule is O=c1[nH]scc1C1CCNCC1. The predicted molar refractivity (Wildman–Crippen MR) is 49.8 cm³/mol. The molecular weight excluding hydrogens is 172 g/mol. The Bertz CT molecular complexity index is 298. The molecule has 1 aromatic rings. The van der Waals surface area contributed by atoms with Gasteiger partial charge in [0.05, 0.1) is 0 Å². The second-order valence-electron chi connectivity index (χ2n) is 3.15. The van der Waals surface area contributed by atoms with Crippen LogP contribution in [0.5, 0.6) is 0 Å². The lowest BCUT2D eigenvalue weighted by molar-refractivity contribution is 0.459. The van der Waals surface area contributed by atoms with Gasteiger partial charge < -0.3 is 5.32 Å². The first-order chi connectivity index (χ1) is 5.88. The summed E-state index contributed by atoms with van der Waals surface area (Å²) < 4.78 is 2.73. The maximum Gasteiger partial charge on any atom is 0.261 e. The van der Waals surface area contributed by atoms with Gasteiger partial charge in [-0.05, 0) is 31.8 Å². The van der Waals surface area contributed by atoms with E-state index in [1.807, 2.05) is 5.38 Å². The van der Waals surface area contributed by atoms with Crippen LogP contribution < -0.4 is 10.9 Å². The number of aromatic amines is 1. The lowest BCUT2D eigenvalue weighted by Crippen LogP contribution is -2.28. The third kappa shape index (κ3) is 1.44. The number of hydrogen-bond donors (Lipinski definition) is 2. The van der Waals surface area contributed by atoms with Gasteiger partial charge in [0.1, 0.15) is 0 Å². The molecular formula is C8H12N2OS. The first kappa shape index (κ1) is 8.01. The third-order valence-corrected chi connectivity index (χ3v) is 3.05. The van der Waals surface area contributed by atoms with E-state index in [4.69, 9.17) is 0 Å². The molecule has 0 bridgehead atoms. The van der Waals surface area contributed by atoms with E-state index in [0.717, 1.165) is 31.5 Å².